The van der Waals surface area contributed by atoms with Crippen LogP contribution in [0, 0.1) is 39.9 Å². The fourth-order valence-electron chi connectivity index (χ4n) is 9.00. The van der Waals surface area contributed by atoms with Gasteiger partial charge in [-0.1, -0.05) is 57.4 Å². The van der Waals surface area contributed by atoms with Crippen LogP contribution in [0.1, 0.15) is 113 Å². The zero-order valence-electron chi connectivity index (χ0n) is 21.0. The third-order valence-electron chi connectivity index (χ3n) is 10.8. The summed E-state index contributed by atoms with van der Waals surface area (Å²) in [5, 5.41) is 10.8. The summed E-state index contributed by atoms with van der Waals surface area (Å²) in [6, 6.07) is 0. The van der Waals surface area contributed by atoms with Crippen LogP contribution < -0.4 is 0 Å². The van der Waals surface area contributed by atoms with Crippen LogP contribution in [-0.4, -0.2) is 11.2 Å². The zero-order chi connectivity index (χ0) is 21.9. The van der Waals surface area contributed by atoms with Gasteiger partial charge >= 0.3 is 0 Å². The largest absolute Gasteiger partial charge is 0.393 e. The maximum absolute atomic E-state index is 10.8. The van der Waals surface area contributed by atoms with Gasteiger partial charge in [0.05, 0.1) is 6.10 Å². The van der Waals surface area contributed by atoms with Crippen molar-refractivity contribution in [1.82, 2.24) is 0 Å². The van der Waals surface area contributed by atoms with Crippen molar-refractivity contribution in [3.63, 3.8) is 0 Å². The number of rotatable bonds is 4. The molecule has 0 bridgehead atoms. The van der Waals surface area contributed by atoms with Crippen LogP contribution in [0.15, 0.2) is 22.8 Å². The average molecular weight is 413 g/mol. The second kappa shape index (κ2) is 7.79. The number of hydrogen-bond donors (Lipinski definition) is 1. The van der Waals surface area contributed by atoms with Gasteiger partial charge in [0.25, 0.3) is 0 Å². The summed E-state index contributed by atoms with van der Waals surface area (Å²) in [5.41, 5.74) is 6.06. The number of hydrogen-bond acceptors (Lipinski definition) is 1. The highest BCUT2D eigenvalue weighted by molar-refractivity contribution is 5.37. The van der Waals surface area contributed by atoms with Crippen molar-refractivity contribution in [3.8, 4) is 0 Å². The molecule has 2 saturated carbocycles. The van der Waals surface area contributed by atoms with E-state index in [0.29, 0.717) is 16.7 Å². The van der Waals surface area contributed by atoms with E-state index in [1.54, 1.807) is 0 Å². The van der Waals surface area contributed by atoms with E-state index in [2.05, 4.69) is 54.5 Å². The van der Waals surface area contributed by atoms with Crippen LogP contribution in [0.25, 0.3) is 0 Å². The highest BCUT2D eigenvalue weighted by Crippen LogP contribution is 2.68. The van der Waals surface area contributed by atoms with Crippen LogP contribution in [0.4, 0.5) is 0 Å². The van der Waals surface area contributed by atoms with E-state index < -0.39 is 0 Å². The first-order valence-electron chi connectivity index (χ1n) is 13.1. The van der Waals surface area contributed by atoms with Gasteiger partial charge in [0.1, 0.15) is 0 Å². The molecule has 2 fully saturated rings. The van der Waals surface area contributed by atoms with Crippen molar-refractivity contribution in [2.75, 3.05) is 0 Å². The van der Waals surface area contributed by atoms with Gasteiger partial charge < -0.3 is 5.11 Å². The van der Waals surface area contributed by atoms with Gasteiger partial charge in [-0.05, 0) is 118 Å². The van der Waals surface area contributed by atoms with Gasteiger partial charge in [0, 0.05) is 0 Å². The fourth-order valence-corrected chi connectivity index (χ4v) is 9.00. The van der Waals surface area contributed by atoms with E-state index in [4.69, 9.17) is 0 Å². The Balaban J connectivity index is 1.59. The van der Waals surface area contributed by atoms with Crippen LogP contribution in [-0.2, 0) is 0 Å². The minimum absolute atomic E-state index is 0.0565. The maximum atomic E-state index is 10.8. The molecule has 170 valence electrons. The van der Waals surface area contributed by atoms with Crippen molar-refractivity contribution in [1.29, 1.82) is 0 Å². The number of aliphatic hydroxyl groups excluding tert-OH is 1. The van der Waals surface area contributed by atoms with Gasteiger partial charge in [-0.15, -0.1) is 0 Å². The van der Waals surface area contributed by atoms with E-state index in [-0.39, 0.29) is 11.5 Å². The molecule has 1 heteroatoms. The number of aliphatic hydroxyl groups is 1. The second-order valence-corrected chi connectivity index (χ2v) is 12.9. The summed E-state index contributed by atoms with van der Waals surface area (Å²) < 4.78 is 0. The van der Waals surface area contributed by atoms with Crippen molar-refractivity contribution < 1.29 is 5.11 Å². The predicted molar refractivity (Wildman–Crippen MR) is 128 cm³/mol. The Morgan fingerprint density at radius 1 is 0.967 bits per heavy atom. The standard InChI is InChI=1S/C29H48O/c1-19(2)9-8-10-20(3)21-15-17-28(6)22(21)11-12-24-23(28)13-14-25-27(4,5)26(30)16-18-29(24,25)7/h9,20-22,25-26,30H,8,10-18H2,1-7H3/t20-,21+,22-,25+,26+,28-,29-/m1/s1. The third kappa shape index (κ3) is 3.37. The monoisotopic (exact) mass is 412 g/mol. The molecule has 0 aromatic heterocycles. The minimum Gasteiger partial charge on any atom is -0.393 e. The Hall–Kier alpha value is -0.560. The molecule has 0 aromatic carbocycles. The molecular formula is C29H48O. The Labute approximate surface area is 186 Å². The number of fused-ring (bicyclic) bond motifs is 4. The zero-order valence-corrected chi connectivity index (χ0v) is 21.0. The summed E-state index contributed by atoms with van der Waals surface area (Å²) in [5.74, 6) is 3.32. The summed E-state index contributed by atoms with van der Waals surface area (Å²) in [7, 11) is 0. The van der Waals surface area contributed by atoms with Crippen LogP contribution in [0.3, 0.4) is 0 Å². The minimum atomic E-state index is -0.123. The molecule has 0 aliphatic heterocycles. The average Bonchev–Trinajstić information content (AvgIpc) is 3.02. The molecule has 30 heavy (non-hydrogen) atoms. The summed E-state index contributed by atoms with van der Waals surface area (Å²) in [6.45, 7) is 16.9. The lowest BCUT2D eigenvalue weighted by molar-refractivity contribution is -0.0931. The highest BCUT2D eigenvalue weighted by atomic mass is 16.3. The Bertz CT molecular complexity index is 723. The first kappa shape index (κ1) is 22.6. The smallest absolute Gasteiger partial charge is 0.0594 e. The SMILES string of the molecule is CC(C)=CCC[C@@H](C)[C@@H]1CC[C@@]2(C)C3=C(CC[C@H]12)[C@@]1(C)CC[C@H](O)C(C)(C)[C@@H]1CC3. The molecule has 0 unspecified atom stereocenters. The predicted octanol–water partition coefficient (Wildman–Crippen LogP) is 8.09. The first-order valence-corrected chi connectivity index (χ1v) is 13.1. The van der Waals surface area contributed by atoms with Crippen molar-refractivity contribution in [3.05, 3.63) is 22.8 Å². The maximum Gasteiger partial charge on any atom is 0.0594 e. The summed E-state index contributed by atoms with van der Waals surface area (Å²) in [4.78, 5) is 0. The molecule has 7 atom stereocenters. The lowest BCUT2D eigenvalue weighted by atomic mass is 9.45. The quantitative estimate of drug-likeness (QED) is 0.462. The van der Waals surface area contributed by atoms with E-state index in [1.807, 2.05) is 11.1 Å². The molecule has 4 aliphatic rings. The molecule has 0 saturated heterocycles. The fraction of sp³-hybridized carbons (Fsp3) is 0.862. The topological polar surface area (TPSA) is 20.2 Å². The molecule has 0 heterocycles. The van der Waals surface area contributed by atoms with Gasteiger partial charge in [-0.3, -0.25) is 0 Å². The van der Waals surface area contributed by atoms with E-state index >= 15 is 0 Å². The van der Waals surface area contributed by atoms with Gasteiger partial charge in [-0.25, -0.2) is 0 Å². The molecule has 0 radical (unpaired) electrons. The van der Waals surface area contributed by atoms with Gasteiger partial charge in [0.2, 0.25) is 0 Å². The second-order valence-electron chi connectivity index (χ2n) is 12.9. The van der Waals surface area contributed by atoms with Crippen molar-refractivity contribution in [2.45, 2.75) is 119 Å². The van der Waals surface area contributed by atoms with E-state index in [1.165, 1.54) is 63.4 Å². The molecule has 0 aromatic rings. The normalized spacial score (nSPS) is 43.5. The molecule has 4 rings (SSSR count). The van der Waals surface area contributed by atoms with Crippen molar-refractivity contribution in [2.24, 2.45) is 39.9 Å². The first-order chi connectivity index (χ1) is 14.0. The van der Waals surface area contributed by atoms with Gasteiger partial charge in [0.15, 0.2) is 0 Å². The summed E-state index contributed by atoms with van der Waals surface area (Å²) in [6.07, 6.45) is 15.3. The van der Waals surface area contributed by atoms with Crippen LogP contribution in [0.2, 0.25) is 0 Å². The Morgan fingerprint density at radius 2 is 1.60 bits per heavy atom. The molecule has 0 spiro atoms. The van der Waals surface area contributed by atoms with Crippen LogP contribution in [0.5, 0.6) is 0 Å². The summed E-state index contributed by atoms with van der Waals surface area (Å²) >= 11 is 0. The lowest BCUT2D eigenvalue weighted by Gasteiger charge is -2.60. The molecular weight excluding hydrogens is 364 g/mol. The molecule has 1 nitrogen and oxygen atoms in total. The van der Waals surface area contributed by atoms with Crippen molar-refractivity contribution >= 4 is 0 Å². The Kier molecular flexibility index (Phi) is 5.87. The molecule has 0 amide bonds. The lowest BCUT2D eigenvalue weighted by Crippen LogP contribution is -2.53. The number of allylic oxidation sites excluding steroid dienone is 4. The van der Waals surface area contributed by atoms with Crippen LogP contribution >= 0.6 is 0 Å². The third-order valence-corrected chi connectivity index (χ3v) is 10.8. The van der Waals surface area contributed by atoms with E-state index in [9.17, 15) is 5.11 Å². The molecule has 1 N–H and O–H groups in total. The van der Waals surface area contributed by atoms with E-state index in [0.717, 1.165) is 24.2 Å². The van der Waals surface area contributed by atoms with Gasteiger partial charge in [-0.2, -0.15) is 0 Å². The molecule has 4 aliphatic carbocycles. The Morgan fingerprint density at radius 3 is 2.30 bits per heavy atom. The highest BCUT2D eigenvalue weighted by Gasteiger charge is 2.59.